The lowest BCUT2D eigenvalue weighted by atomic mass is 9.92. The molecule has 3 aromatic carbocycles. The summed E-state index contributed by atoms with van der Waals surface area (Å²) < 4.78 is 66.6. The lowest BCUT2D eigenvalue weighted by Crippen LogP contribution is -2.40. The molecular weight excluding hydrogens is 654 g/mol. The summed E-state index contributed by atoms with van der Waals surface area (Å²) >= 11 is 0. The Morgan fingerprint density at radius 3 is 2.31 bits per heavy atom. The largest absolute Gasteiger partial charge is 0.494 e. The van der Waals surface area contributed by atoms with E-state index in [4.69, 9.17) is 10.5 Å². The van der Waals surface area contributed by atoms with Crippen LogP contribution in [0.5, 0.6) is 5.75 Å². The first-order valence-corrected chi connectivity index (χ1v) is 16.3. The average molecular weight is 687 g/mol. The fourth-order valence-corrected chi connectivity index (χ4v) is 7.66. The summed E-state index contributed by atoms with van der Waals surface area (Å²) in [4.78, 5) is 52.1. The minimum atomic E-state index is -3.98. The van der Waals surface area contributed by atoms with Crippen molar-refractivity contribution in [3.63, 3.8) is 0 Å². The summed E-state index contributed by atoms with van der Waals surface area (Å²) in [5.74, 6) is -6.20. The van der Waals surface area contributed by atoms with E-state index in [2.05, 4.69) is 15.4 Å². The normalized spacial score (nSPS) is 18.1. The first-order valence-electron chi connectivity index (χ1n) is 14.7. The molecule has 16 heteroatoms. The van der Waals surface area contributed by atoms with Crippen LogP contribution < -0.4 is 21.1 Å². The Morgan fingerprint density at radius 1 is 0.979 bits per heavy atom. The van der Waals surface area contributed by atoms with Gasteiger partial charge in [0.1, 0.15) is 11.9 Å². The highest BCUT2D eigenvalue weighted by molar-refractivity contribution is 7.92. The first-order chi connectivity index (χ1) is 22.8. The number of anilines is 2. The van der Waals surface area contributed by atoms with Crippen molar-refractivity contribution in [3.05, 3.63) is 82.9 Å². The van der Waals surface area contributed by atoms with E-state index in [1.54, 1.807) is 0 Å². The Morgan fingerprint density at radius 2 is 1.69 bits per heavy atom. The number of likely N-dealkylation sites (tertiary alicyclic amines) is 1. The van der Waals surface area contributed by atoms with Gasteiger partial charge in [0.15, 0.2) is 21.4 Å². The minimum Gasteiger partial charge on any atom is -0.494 e. The van der Waals surface area contributed by atoms with Crippen molar-refractivity contribution in [1.29, 1.82) is 0 Å². The zero-order valence-electron chi connectivity index (χ0n) is 25.7. The number of benzene rings is 3. The molecule has 2 aliphatic rings. The van der Waals surface area contributed by atoms with Crippen LogP contribution in [0.4, 0.5) is 25.0 Å². The summed E-state index contributed by atoms with van der Waals surface area (Å²) in [6.45, 7) is -0.168. The topological polar surface area (TPSA) is 194 Å². The van der Waals surface area contributed by atoms with Crippen molar-refractivity contribution in [2.24, 2.45) is 11.7 Å². The summed E-state index contributed by atoms with van der Waals surface area (Å²) in [6.07, 6.45) is -0.168. The van der Waals surface area contributed by atoms with E-state index >= 15 is 4.39 Å². The van der Waals surface area contributed by atoms with Crippen molar-refractivity contribution in [1.82, 2.24) is 4.90 Å². The van der Waals surface area contributed by atoms with E-state index in [0.29, 0.717) is 12.8 Å². The first kappa shape index (κ1) is 34.1. The third-order valence-corrected chi connectivity index (χ3v) is 10.7. The molecule has 0 bridgehead atoms. The number of carboxylic acid groups (broad SMARTS) is 1. The number of carbonyl (C=O) groups is 4. The number of ether oxygens (including phenoxy) is 2. The van der Waals surface area contributed by atoms with Gasteiger partial charge >= 0.3 is 12.1 Å². The number of amides is 3. The van der Waals surface area contributed by atoms with Crippen molar-refractivity contribution in [2.75, 3.05) is 31.4 Å². The van der Waals surface area contributed by atoms with Gasteiger partial charge in [0.25, 0.3) is 0 Å². The molecule has 1 saturated heterocycles. The fourth-order valence-electron chi connectivity index (χ4n) is 5.78. The van der Waals surface area contributed by atoms with E-state index < -0.39 is 68.6 Å². The number of aliphatic carboxylic acids is 1. The highest BCUT2D eigenvalue weighted by Crippen LogP contribution is 2.45. The average Bonchev–Trinajstić information content (AvgIpc) is 3.83. The molecule has 254 valence electrons. The molecule has 0 spiro atoms. The van der Waals surface area contributed by atoms with Gasteiger partial charge in [-0.1, -0.05) is 6.07 Å². The lowest BCUT2D eigenvalue weighted by Gasteiger charge is -2.33. The van der Waals surface area contributed by atoms with Crippen molar-refractivity contribution in [3.8, 4) is 5.75 Å². The lowest BCUT2D eigenvalue weighted by molar-refractivity contribution is -0.143. The van der Waals surface area contributed by atoms with Gasteiger partial charge in [-0.05, 0) is 78.9 Å². The molecule has 3 aromatic rings. The van der Waals surface area contributed by atoms with Gasteiger partial charge in [0.05, 0.1) is 42.0 Å². The zero-order valence-corrected chi connectivity index (χ0v) is 26.6. The number of halogens is 2. The molecule has 13 nitrogen and oxygen atoms in total. The van der Waals surface area contributed by atoms with E-state index in [9.17, 15) is 37.1 Å². The number of sulfone groups is 1. The number of hydrogen-bond donors (Lipinski definition) is 4. The number of primary amides is 1. The van der Waals surface area contributed by atoms with Crippen LogP contribution in [0, 0.1) is 17.6 Å². The van der Waals surface area contributed by atoms with Crippen molar-refractivity contribution >= 4 is 45.1 Å². The number of nitrogens with two attached hydrogens (primary N) is 1. The van der Waals surface area contributed by atoms with Crippen molar-refractivity contribution in [2.45, 2.75) is 41.5 Å². The van der Waals surface area contributed by atoms with Crippen LogP contribution in [-0.2, 0) is 24.2 Å². The zero-order chi connectivity index (χ0) is 34.9. The van der Waals surface area contributed by atoms with Gasteiger partial charge in [0, 0.05) is 17.8 Å². The molecule has 2 fully saturated rings. The molecule has 5 rings (SSSR count). The van der Waals surface area contributed by atoms with Gasteiger partial charge in [0.2, 0.25) is 11.8 Å². The number of rotatable bonds is 11. The van der Waals surface area contributed by atoms with E-state index in [0.717, 1.165) is 36.3 Å². The molecular formula is C32H32F2N4O9S. The van der Waals surface area contributed by atoms with Gasteiger partial charge < -0.3 is 30.5 Å². The number of nitrogens with zero attached hydrogens (tertiary/aromatic N) is 1. The van der Waals surface area contributed by atoms with Crippen LogP contribution in [0.25, 0.3) is 0 Å². The van der Waals surface area contributed by atoms with Crippen LogP contribution >= 0.6 is 0 Å². The summed E-state index contributed by atoms with van der Waals surface area (Å²) in [7, 11) is -1.65. The Labute approximate surface area is 273 Å². The predicted molar refractivity (Wildman–Crippen MR) is 167 cm³/mol. The Balaban J connectivity index is 1.67. The molecule has 5 N–H and O–H groups in total. The van der Waals surface area contributed by atoms with Crippen molar-refractivity contribution < 1.29 is 51.0 Å². The molecule has 1 unspecified atom stereocenters. The van der Waals surface area contributed by atoms with E-state index in [1.165, 1.54) is 37.4 Å². The summed E-state index contributed by atoms with van der Waals surface area (Å²) in [5.41, 5.74) is 5.08. The fraction of sp³-hybridized carbons (Fsp3) is 0.312. The second-order valence-corrected chi connectivity index (χ2v) is 13.6. The Bertz CT molecular complexity index is 1900. The van der Waals surface area contributed by atoms with Crippen LogP contribution in [0.1, 0.15) is 52.8 Å². The number of carboxylic acids is 1. The third kappa shape index (κ3) is 6.74. The third-order valence-electron chi connectivity index (χ3n) is 8.33. The highest BCUT2D eigenvalue weighted by atomic mass is 32.2. The maximum Gasteiger partial charge on any atom is 0.411 e. The van der Waals surface area contributed by atoms with Gasteiger partial charge in [-0.2, -0.15) is 0 Å². The molecule has 1 aliphatic heterocycles. The SMILES string of the molecule is COC(=O)Nc1ccc(S(=O)(=O)C2CC2)c([C@H]2[C@H](C(=O)O)CCN2C(=O)C(Nc2cc(C(N)=O)ccc2F)c2ccc(F)c(OC)c2)c1. The molecule has 1 aliphatic carbocycles. The maximum absolute atomic E-state index is 15.1. The van der Waals surface area contributed by atoms with Crippen LogP contribution in [0.2, 0.25) is 0 Å². The van der Waals surface area contributed by atoms with Gasteiger partial charge in [-0.15, -0.1) is 0 Å². The molecule has 3 atom stereocenters. The van der Waals surface area contributed by atoms with Crippen LogP contribution in [0.3, 0.4) is 0 Å². The highest BCUT2D eigenvalue weighted by Gasteiger charge is 2.48. The Hall–Kier alpha value is -5.25. The molecule has 0 radical (unpaired) electrons. The maximum atomic E-state index is 15.1. The standard InChI is InChI=1S/C32H32F2N4O9S/c1-46-25-14-16(3-9-23(25)34)27(37-24-13-17(29(35)39)4-8-22(24)33)30(40)38-12-11-20(31(41)42)28(38)21-15-18(36-32(43)47-2)5-10-26(21)48(44,45)19-6-7-19/h3-5,8-10,13-15,19-20,27-28,37H,6-7,11-12H2,1-2H3,(H2,35,39)(H,36,43)(H,41,42)/t20-,27?,28-/m1/s1. The second-order valence-electron chi connectivity index (χ2n) is 11.4. The predicted octanol–water partition coefficient (Wildman–Crippen LogP) is 4.01. The quantitative estimate of drug-likeness (QED) is 0.229. The Kier molecular flexibility index (Phi) is 9.57. The van der Waals surface area contributed by atoms with Gasteiger partial charge in [-0.3, -0.25) is 19.7 Å². The second kappa shape index (κ2) is 13.5. The smallest absolute Gasteiger partial charge is 0.411 e. The minimum absolute atomic E-state index is 0.0496. The number of methoxy groups -OCH3 is 2. The van der Waals surface area contributed by atoms with Crippen LogP contribution in [0.15, 0.2) is 59.5 Å². The molecule has 1 heterocycles. The molecule has 48 heavy (non-hydrogen) atoms. The molecule has 1 saturated carbocycles. The van der Waals surface area contributed by atoms with Gasteiger partial charge in [-0.25, -0.2) is 22.0 Å². The molecule has 0 aromatic heterocycles. The van der Waals surface area contributed by atoms with E-state index in [1.807, 2.05) is 0 Å². The number of nitrogens with one attached hydrogen (secondary N) is 2. The summed E-state index contributed by atoms with van der Waals surface area (Å²) in [5, 5.41) is 14.8. The number of carbonyl (C=O) groups excluding carboxylic acids is 3. The molecule has 3 amide bonds. The van der Waals surface area contributed by atoms with Crippen LogP contribution in [-0.4, -0.2) is 68.3 Å². The van der Waals surface area contributed by atoms with E-state index in [-0.39, 0.29) is 51.7 Å². The summed E-state index contributed by atoms with van der Waals surface area (Å²) in [6, 6.07) is 7.61. The number of hydrogen-bond acceptors (Lipinski definition) is 9. The monoisotopic (exact) mass is 686 g/mol.